The molecule has 0 spiro atoms. The summed E-state index contributed by atoms with van der Waals surface area (Å²) in [4.78, 5) is 24.4. The number of carbonyl (C=O) groups is 2. The Balaban J connectivity index is 2.01. The molecule has 4 heteroatoms. The number of ether oxygens (including phenoxy) is 1. The normalized spacial score (nSPS) is 11.7. The minimum absolute atomic E-state index is 0.354. The molecule has 23 heavy (non-hydrogen) atoms. The van der Waals surface area contributed by atoms with Crippen molar-refractivity contribution in [2.75, 3.05) is 5.32 Å². The zero-order valence-corrected chi connectivity index (χ0v) is 13.8. The highest BCUT2D eigenvalue weighted by Crippen LogP contribution is 2.15. The van der Waals surface area contributed by atoms with Gasteiger partial charge in [0.05, 0.1) is 5.56 Å². The van der Waals surface area contributed by atoms with Crippen LogP contribution in [-0.4, -0.2) is 18.0 Å². The van der Waals surface area contributed by atoms with Crippen molar-refractivity contribution in [3.63, 3.8) is 0 Å². The van der Waals surface area contributed by atoms with E-state index in [4.69, 9.17) is 4.74 Å². The molecule has 2 aromatic carbocycles. The zero-order chi connectivity index (χ0) is 17.0. The molecular formula is C19H21NO3. The third-order valence-electron chi connectivity index (χ3n) is 3.80. The van der Waals surface area contributed by atoms with Gasteiger partial charge in [0.2, 0.25) is 0 Å². The van der Waals surface area contributed by atoms with Crippen LogP contribution in [0.4, 0.5) is 5.69 Å². The van der Waals surface area contributed by atoms with Crippen LogP contribution in [0.3, 0.4) is 0 Å². The molecule has 0 aromatic heterocycles. The number of hydrogen-bond acceptors (Lipinski definition) is 3. The first-order valence-corrected chi connectivity index (χ1v) is 7.53. The quantitative estimate of drug-likeness (QED) is 0.874. The van der Waals surface area contributed by atoms with Gasteiger partial charge >= 0.3 is 5.97 Å². The summed E-state index contributed by atoms with van der Waals surface area (Å²) in [7, 11) is 0. The van der Waals surface area contributed by atoms with E-state index in [1.807, 2.05) is 51.1 Å². The molecule has 0 aliphatic carbocycles. The highest BCUT2D eigenvalue weighted by Gasteiger charge is 2.20. The fourth-order valence-corrected chi connectivity index (χ4v) is 2.13. The second kappa shape index (κ2) is 7.09. The summed E-state index contributed by atoms with van der Waals surface area (Å²) in [5, 5.41) is 2.74. The lowest BCUT2D eigenvalue weighted by molar-refractivity contribution is -0.123. The molecule has 0 saturated heterocycles. The number of benzene rings is 2. The highest BCUT2D eigenvalue weighted by atomic mass is 16.5. The van der Waals surface area contributed by atoms with Crippen LogP contribution in [-0.2, 0) is 9.53 Å². The number of anilines is 1. The van der Waals surface area contributed by atoms with E-state index in [-0.39, 0.29) is 5.91 Å². The standard InChI is InChI=1S/C19H21NO3/c1-12-8-10-16(11-9-12)20-18(21)15(4)23-19(22)17-7-5-6-13(2)14(17)3/h5-11,15H,1-4H3,(H,20,21)/t15-/m1/s1. The second-order valence-electron chi connectivity index (χ2n) is 5.65. The summed E-state index contributed by atoms with van der Waals surface area (Å²) in [5.74, 6) is -0.842. The van der Waals surface area contributed by atoms with Crippen molar-refractivity contribution in [1.82, 2.24) is 0 Å². The summed E-state index contributed by atoms with van der Waals surface area (Å²) in [6.07, 6.45) is -0.872. The fourth-order valence-electron chi connectivity index (χ4n) is 2.13. The van der Waals surface area contributed by atoms with E-state index in [2.05, 4.69) is 5.32 Å². The van der Waals surface area contributed by atoms with Gasteiger partial charge in [0.15, 0.2) is 6.10 Å². The van der Waals surface area contributed by atoms with Crippen LogP contribution < -0.4 is 5.32 Å². The molecule has 0 bridgehead atoms. The van der Waals surface area contributed by atoms with Crippen molar-refractivity contribution < 1.29 is 14.3 Å². The van der Waals surface area contributed by atoms with Gasteiger partial charge < -0.3 is 10.1 Å². The zero-order valence-electron chi connectivity index (χ0n) is 13.8. The number of nitrogens with one attached hydrogen (secondary N) is 1. The third-order valence-corrected chi connectivity index (χ3v) is 3.80. The van der Waals surface area contributed by atoms with E-state index < -0.39 is 12.1 Å². The fraction of sp³-hybridized carbons (Fsp3) is 0.263. The van der Waals surface area contributed by atoms with Gasteiger partial charge in [0.25, 0.3) is 5.91 Å². The average molecular weight is 311 g/mol. The molecule has 120 valence electrons. The molecule has 0 aliphatic heterocycles. The molecule has 0 radical (unpaired) electrons. The van der Waals surface area contributed by atoms with Gasteiger partial charge in [0.1, 0.15) is 0 Å². The lowest BCUT2D eigenvalue weighted by Gasteiger charge is -2.15. The van der Waals surface area contributed by atoms with Gasteiger partial charge in [-0.1, -0.05) is 29.8 Å². The summed E-state index contributed by atoms with van der Waals surface area (Å²) in [6.45, 7) is 7.33. The Morgan fingerprint density at radius 3 is 2.30 bits per heavy atom. The Kier molecular flexibility index (Phi) is 5.16. The highest BCUT2D eigenvalue weighted by molar-refractivity contribution is 5.97. The van der Waals surface area contributed by atoms with Gasteiger partial charge in [-0.3, -0.25) is 4.79 Å². The summed E-state index contributed by atoms with van der Waals surface area (Å²) in [6, 6.07) is 12.9. The summed E-state index contributed by atoms with van der Waals surface area (Å²) in [5.41, 5.74) is 4.15. The van der Waals surface area contributed by atoms with Crippen molar-refractivity contribution in [2.24, 2.45) is 0 Å². The van der Waals surface area contributed by atoms with Crippen LogP contribution in [0.5, 0.6) is 0 Å². The van der Waals surface area contributed by atoms with Crippen molar-refractivity contribution in [1.29, 1.82) is 0 Å². The minimum Gasteiger partial charge on any atom is -0.449 e. The molecule has 0 unspecified atom stereocenters. The minimum atomic E-state index is -0.872. The van der Waals surface area contributed by atoms with Crippen molar-refractivity contribution in [3.8, 4) is 0 Å². The third kappa shape index (κ3) is 4.19. The first kappa shape index (κ1) is 16.7. The number of amides is 1. The van der Waals surface area contributed by atoms with Crippen molar-refractivity contribution >= 4 is 17.6 Å². The molecule has 4 nitrogen and oxygen atoms in total. The second-order valence-corrected chi connectivity index (χ2v) is 5.65. The lowest BCUT2D eigenvalue weighted by Crippen LogP contribution is -2.30. The monoisotopic (exact) mass is 311 g/mol. The van der Waals surface area contributed by atoms with Crippen LogP contribution in [0.25, 0.3) is 0 Å². The predicted octanol–water partition coefficient (Wildman–Crippen LogP) is 3.80. The molecule has 2 rings (SSSR count). The Bertz CT molecular complexity index is 720. The molecule has 0 heterocycles. The Morgan fingerprint density at radius 1 is 1.00 bits per heavy atom. The van der Waals surface area contributed by atoms with E-state index in [9.17, 15) is 9.59 Å². The van der Waals surface area contributed by atoms with Crippen LogP contribution in [0, 0.1) is 20.8 Å². The van der Waals surface area contributed by atoms with Gasteiger partial charge in [-0.15, -0.1) is 0 Å². The van der Waals surface area contributed by atoms with E-state index in [0.29, 0.717) is 11.3 Å². The number of aryl methyl sites for hydroxylation is 2. The SMILES string of the molecule is Cc1ccc(NC(=O)[C@@H](C)OC(=O)c2cccc(C)c2C)cc1. The molecule has 1 N–H and O–H groups in total. The molecular weight excluding hydrogens is 290 g/mol. The van der Waals surface area contributed by atoms with E-state index in [1.165, 1.54) is 0 Å². The summed E-state index contributed by atoms with van der Waals surface area (Å²) < 4.78 is 5.28. The van der Waals surface area contributed by atoms with Crippen molar-refractivity contribution in [3.05, 3.63) is 64.7 Å². The first-order valence-electron chi connectivity index (χ1n) is 7.53. The maximum Gasteiger partial charge on any atom is 0.339 e. The molecule has 1 atom stereocenters. The van der Waals surface area contributed by atoms with Gasteiger partial charge in [-0.2, -0.15) is 0 Å². The smallest absolute Gasteiger partial charge is 0.339 e. The first-order chi connectivity index (χ1) is 10.9. The Morgan fingerprint density at radius 2 is 1.65 bits per heavy atom. The van der Waals surface area contributed by atoms with Crippen LogP contribution >= 0.6 is 0 Å². The van der Waals surface area contributed by atoms with Crippen LogP contribution in [0.15, 0.2) is 42.5 Å². The molecule has 2 aromatic rings. The topological polar surface area (TPSA) is 55.4 Å². The van der Waals surface area contributed by atoms with Crippen LogP contribution in [0.1, 0.15) is 34.0 Å². The van der Waals surface area contributed by atoms with Gasteiger partial charge in [-0.25, -0.2) is 4.79 Å². The molecule has 0 aliphatic rings. The predicted molar refractivity (Wildman–Crippen MR) is 90.6 cm³/mol. The largest absolute Gasteiger partial charge is 0.449 e. The Hall–Kier alpha value is -2.62. The lowest BCUT2D eigenvalue weighted by atomic mass is 10.0. The van der Waals surface area contributed by atoms with E-state index in [0.717, 1.165) is 16.7 Å². The number of carbonyl (C=O) groups excluding carboxylic acids is 2. The summed E-state index contributed by atoms with van der Waals surface area (Å²) >= 11 is 0. The maximum atomic E-state index is 12.2. The number of hydrogen-bond donors (Lipinski definition) is 1. The molecule has 1 amide bonds. The van der Waals surface area contributed by atoms with E-state index >= 15 is 0 Å². The van der Waals surface area contributed by atoms with Gasteiger partial charge in [-0.05, 0) is 57.0 Å². The maximum absolute atomic E-state index is 12.2. The van der Waals surface area contributed by atoms with Crippen molar-refractivity contribution in [2.45, 2.75) is 33.8 Å². The number of esters is 1. The van der Waals surface area contributed by atoms with E-state index in [1.54, 1.807) is 19.1 Å². The average Bonchev–Trinajstić information content (AvgIpc) is 2.52. The molecule has 0 saturated carbocycles. The Labute approximate surface area is 136 Å². The number of rotatable bonds is 4. The van der Waals surface area contributed by atoms with Gasteiger partial charge in [0, 0.05) is 5.69 Å². The van der Waals surface area contributed by atoms with Crippen LogP contribution in [0.2, 0.25) is 0 Å². The molecule has 0 fully saturated rings.